The van der Waals surface area contributed by atoms with Gasteiger partial charge in [-0.3, -0.25) is 0 Å². The molecule has 0 atom stereocenters. The third kappa shape index (κ3) is 12.4. The Bertz CT molecular complexity index is 302. The first-order chi connectivity index (χ1) is 8.66. The number of carbonyl (C=O) groups excluding carboxylic acids is 1. The van der Waals surface area contributed by atoms with E-state index >= 15 is 0 Å². The van der Waals surface area contributed by atoms with Crippen molar-refractivity contribution in [2.45, 2.75) is 6.92 Å². The number of carboxylic acids is 1. The minimum atomic E-state index is -1.02. The average Bonchev–Trinajstić information content (AvgIpc) is 2.34. The molecule has 0 bridgehead atoms. The summed E-state index contributed by atoms with van der Waals surface area (Å²) in [6, 6.07) is 0. The van der Waals surface area contributed by atoms with E-state index < -0.39 is 11.9 Å². The fourth-order valence-corrected chi connectivity index (χ4v) is 0.790. The zero-order chi connectivity index (χ0) is 13.6. The van der Waals surface area contributed by atoms with E-state index in [9.17, 15) is 9.59 Å². The highest BCUT2D eigenvalue weighted by Gasteiger charge is 2.01. The summed E-state index contributed by atoms with van der Waals surface area (Å²) in [4.78, 5) is 20.9. The predicted octanol–water partition coefficient (Wildman–Crippen LogP) is -0.355. The molecule has 1 N–H and O–H groups in total. The molecule has 0 saturated heterocycles. The number of carbonyl (C=O) groups is 2. The summed E-state index contributed by atoms with van der Waals surface area (Å²) >= 11 is 0. The zero-order valence-electron chi connectivity index (χ0n) is 10.1. The second kappa shape index (κ2) is 11.9. The molecule has 18 heavy (non-hydrogen) atoms. The summed E-state index contributed by atoms with van der Waals surface area (Å²) in [5, 5.41) is 8.26. The van der Waals surface area contributed by atoms with E-state index in [-0.39, 0.29) is 39.6 Å². The number of aliphatic carboxylic acids is 1. The van der Waals surface area contributed by atoms with Gasteiger partial charge in [-0.25, -0.2) is 9.59 Å². The highest BCUT2D eigenvalue weighted by molar-refractivity contribution is 5.71. The van der Waals surface area contributed by atoms with Gasteiger partial charge in [0.15, 0.2) is 0 Å². The van der Waals surface area contributed by atoms with Crippen molar-refractivity contribution in [3.8, 4) is 12.0 Å². The molecule has 0 aliphatic heterocycles. The van der Waals surface area contributed by atoms with Gasteiger partial charge >= 0.3 is 11.9 Å². The SMILES string of the molecule is CC#COC(=O)COCCOCCOCC(=O)O. The maximum atomic E-state index is 10.9. The summed E-state index contributed by atoms with van der Waals surface area (Å²) in [6.07, 6.45) is 2.16. The van der Waals surface area contributed by atoms with Crippen LogP contribution in [0.5, 0.6) is 0 Å². The van der Waals surface area contributed by atoms with Crippen molar-refractivity contribution in [1.82, 2.24) is 0 Å². The minimum absolute atomic E-state index is 0.187. The summed E-state index contributed by atoms with van der Waals surface area (Å²) in [5.74, 6) is 0.826. The van der Waals surface area contributed by atoms with Crippen LogP contribution in [0.25, 0.3) is 0 Å². The Hall–Kier alpha value is -1.62. The van der Waals surface area contributed by atoms with E-state index in [1.165, 1.54) is 0 Å². The van der Waals surface area contributed by atoms with Gasteiger partial charge in [0, 0.05) is 6.92 Å². The second-order valence-corrected chi connectivity index (χ2v) is 2.94. The van der Waals surface area contributed by atoms with Crippen molar-refractivity contribution in [2.75, 3.05) is 39.6 Å². The molecule has 102 valence electrons. The van der Waals surface area contributed by atoms with Crippen molar-refractivity contribution in [3.05, 3.63) is 0 Å². The van der Waals surface area contributed by atoms with Crippen LogP contribution in [0.15, 0.2) is 0 Å². The highest BCUT2D eigenvalue weighted by atomic mass is 16.6. The normalized spacial score (nSPS) is 9.39. The van der Waals surface area contributed by atoms with Crippen molar-refractivity contribution < 1.29 is 33.6 Å². The Kier molecular flexibility index (Phi) is 10.8. The summed E-state index contributed by atoms with van der Waals surface area (Å²) in [7, 11) is 0. The molecule has 0 amide bonds. The molecule has 7 heteroatoms. The number of hydrogen-bond donors (Lipinski definition) is 1. The highest BCUT2D eigenvalue weighted by Crippen LogP contribution is 1.83. The summed E-state index contributed by atoms with van der Waals surface area (Å²) in [6.45, 7) is 1.99. The van der Waals surface area contributed by atoms with Gasteiger partial charge in [0.2, 0.25) is 0 Å². The average molecular weight is 260 g/mol. The third-order valence-electron chi connectivity index (χ3n) is 1.46. The van der Waals surface area contributed by atoms with Crippen molar-refractivity contribution in [2.24, 2.45) is 0 Å². The van der Waals surface area contributed by atoms with Gasteiger partial charge in [-0.15, -0.1) is 0 Å². The van der Waals surface area contributed by atoms with Crippen molar-refractivity contribution >= 4 is 11.9 Å². The van der Waals surface area contributed by atoms with Gasteiger partial charge in [-0.05, 0) is 0 Å². The fourth-order valence-electron chi connectivity index (χ4n) is 0.790. The van der Waals surface area contributed by atoms with Gasteiger partial charge in [-0.1, -0.05) is 5.92 Å². The molecule has 0 aromatic carbocycles. The predicted molar refractivity (Wildman–Crippen MR) is 59.6 cm³/mol. The molecule has 0 rings (SSSR count). The van der Waals surface area contributed by atoms with Gasteiger partial charge in [0.05, 0.1) is 26.4 Å². The summed E-state index contributed by atoms with van der Waals surface area (Å²) < 4.78 is 19.2. The monoisotopic (exact) mass is 260 g/mol. The van der Waals surface area contributed by atoms with Crippen LogP contribution in [0.3, 0.4) is 0 Å². The van der Waals surface area contributed by atoms with E-state index in [1.54, 1.807) is 6.92 Å². The second-order valence-electron chi connectivity index (χ2n) is 2.94. The zero-order valence-corrected chi connectivity index (χ0v) is 10.1. The van der Waals surface area contributed by atoms with Gasteiger partial charge in [0.25, 0.3) is 0 Å². The molecule has 0 spiro atoms. The van der Waals surface area contributed by atoms with Crippen LogP contribution in [0.1, 0.15) is 6.92 Å². The van der Waals surface area contributed by atoms with Gasteiger partial charge < -0.3 is 24.1 Å². The smallest absolute Gasteiger partial charge is 0.345 e. The van der Waals surface area contributed by atoms with Crippen LogP contribution in [0.4, 0.5) is 0 Å². The molecule has 0 unspecified atom stereocenters. The largest absolute Gasteiger partial charge is 0.480 e. The molecule has 0 aromatic rings. The number of ether oxygens (including phenoxy) is 4. The van der Waals surface area contributed by atoms with Crippen LogP contribution in [0, 0.1) is 12.0 Å². The van der Waals surface area contributed by atoms with Crippen molar-refractivity contribution in [3.63, 3.8) is 0 Å². The molecule has 0 aliphatic rings. The molecule has 0 aliphatic carbocycles. The minimum Gasteiger partial charge on any atom is -0.480 e. The number of carboxylic acid groups (broad SMARTS) is 1. The quantitative estimate of drug-likeness (QED) is 0.326. The van der Waals surface area contributed by atoms with Crippen LogP contribution in [-0.4, -0.2) is 56.7 Å². The topological polar surface area (TPSA) is 91.3 Å². The maximum Gasteiger partial charge on any atom is 0.345 e. The van der Waals surface area contributed by atoms with E-state index in [1.807, 2.05) is 0 Å². The van der Waals surface area contributed by atoms with Crippen LogP contribution in [0.2, 0.25) is 0 Å². The van der Waals surface area contributed by atoms with Gasteiger partial charge in [0.1, 0.15) is 19.3 Å². The molecule has 0 radical (unpaired) electrons. The van der Waals surface area contributed by atoms with Crippen LogP contribution >= 0.6 is 0 Å². The Balaban J connectivity index is 3.17. The van der Waals surface area contributed by atoms with Gasteiger partial charge in [-0.2, -0.15) is 0 Å². The Morgan fingerprint density at radius 3 is 2.11 bits per heavy atom. The molecular weight excluding hydrogens is 244 g/mol. The molecule has 0 aromatic heterocycles. The number of esters is 1. The molecule has 0 fully saturated rings. The first-order valence-corrected chi connectivity index (χ1v) is 5.23. The third-order valence-corrected chi connectivity index (χ3v) is 1.46. The molecule has 7 nitrogen and oxygen atoms in total. The first kappa shape index (κ1) is 16.4. The Morgan fingerprint density at radius 1 is 1.00 bits per heavy atom. The van der Waals surface area contributed by atoms with Crippen molar-refractivity contribution in [1.29, 1.82) is 0 Å². The Morgan fingerprint density at radius 2 is 1.56 bits per heavy atom. The standard InChI is InChI=1S/C11H16O7/c1-2-3-18-11(14)9-17-7-5-15-4-6-16-8-10(12)13/h4-9H2,1H3,(H,12,13). The van der Waals surface area contributed by atoms with E-state index in [0.717, 1.165) is 0 Å². The lowest BCUT2D eigenvalue weighted by atomic mass is 10.7. The Labute approximate surface area is 105 Å². The van der Waals surface area contributed by atoms with E-state index in [0.29, 0.717) is 0 Å². The summed E-state index contributed by atoms with van der Waals surface area (Å²) in [5.41, 5.74) is 0. The lowest BCUT2D eigenvalue weighted by molar-refractivity contribution is -0.142. The maximum absolute atomic E-state index is 10.9. The number of rotatable bonds is 10. The lowest BCUT2D eigenvalue weighted by Crippen LogP contribution is -2.15. The van der Waals surface area contributed by atoms with E-state index in [4.69, 9.17) is 19.3 Å². The fraction of sp³-hybridized carbons (Fsp3) is 0.636. The molecular formula is C11H16O7. The first-order valence-electron chi connectivity index (χ1n) is 5.23. The molecule has 0 heterocycles. The van der Waals surface area contributed by atoms with E-state index in [2.05, 4.69) is 16.8 Å². The molecule has 0 saturated carbocycles. The van der Waals surface area contributed by atoms with Crippen LogP contribution < -0.4 is 0 Å². The van der Waals surface area contributed by atoms with Crippen LogP contribution in [-0.2, 0) is 28.5 Å². The number of hydrogen-bond acceptors (Lipinski definition) is 6. The lowest BCUT2D eigenvalue weighted by Gasteiger charge is -2.04.